The SMILES string of the molecule is COc1ccc(-n2cc(C(=O)NCCCN3[C@H](C)CCC[C@@H]3C)c3ccccc3c2=O)cc1. The number of ether oxygens (including phenoxy) is 1. The van der Waals surface area contributed by atoms with E-state index in [0.29, 0.717) is 46.4 Å². The molecule has 0 unspecified atom stereocenters. The van der Waals surface area contributed by atoms with Crippen LogP contribution in [-0.4, -0.2) is 47.7 Å². The molecule has 2 aromatic carbocycles. The van der Waals surface area contributed by atoms with Crippen LogP contribution in [0, 0.1) is 0 Å². The van der Waals surface area contributed by atoms with Gasteiger partial charge in [-0.1, -0.05) is 24.6 Å². The third kappa shape index (κ3) is 4.96. The fourth-order valence-corrected chi connectivity index (χ4v) is 4.88. The monoisotopic (exact) mass is 447 g/mol. The van der Waals surface area contributed by atoms with Crippen LogP contribution in [0.25, 0.3) is 16.5 Å². The van der Waals surface area contributed by atoms with Crippen LogP contribution >= 0.6 is 0 Å². The van der Waals surface area contributed by atoms with Gasteiger partial charge in [0.15, 0.2) is 0 Å². The Kier molecular flexibility index (Phi) is 7.14. The van der Waals surface area contributed by atoms with Crippen molar-refractivity contribution < 1.29 is 9.53 Å². The lowest BCUT2D eigenvalue weighted by atomic mass is 9.97. The van der Waals surface area contributed by atoms with E-state index in [1.54, 1.807) is 31.5 Å². The summed E-state index contributed by atoms with van der Waals surface area (Å²) in [5, 5.41) is 4.27. The normalized spacial score (nSPS) is 18.9. The first-order valence-corrected chi connectivity index (χ1v) is 11.8. The molecule has 3 aromatic rings. The summed E-state index contributed by atoms with van der Waals surface area (Å²) < 4.78 is 6.76. The van der Waals surface area contributed by atoms with E-state index in [1.807, 2.05) is 30.3 Å². The van der Waals surface area contributed by atoms with E-state index in [0.717, 1.165) is 13.0 Å². The maximum atomic E-state index is 13.2. The van der Waals surface area contributed by atoms with E-state index in [-0.39, 0.29) is 11.5 Å². The molecule has 1 N–H and O–H groups in total. The van der Waals surface area contributed by atoms with Gasteiger partial charge in [0.2, 0.25) is 0 Å². The minimum atomic E-state index is -0.159. The number of carbonyl (C=O) groups is 1. The molecule has 2 heterocycles. The van der Waals surface area contributed by atoms with Crippen LogP contribution in [0.4, 0.5) is 0 Å². The smallest absolute Gasteiger partial charge is 0.262 e. The van der Waals surface area contributed by atoms with Gasteiger partial charge in [0.1, 0.15) is 5.75 Å². The van der Waals surface area contributed by atoms with Gasteiger partial charge in [0, 0.05) is 47.8 Å². The number of likely N-dealkylation sites (tertiary alicyclic amines) is 1. The Morgan fingerprint density at radius 2 is 1.70 bits per heavy atom. The van der Waals surface area contributed by atoms with Crippen LogP contribution in [0.15, 0.2) is 59.5 Å². The van der Waals surface area contributed by atoms with Crippen molar-refractivity contribution in [3.8, 4) is 11.4 Å². The highest BCUT2D eigenvalue weighted by atomic mass is 16.5. The number of nitrogens with zero attached hydrogens (tertiary/aromatic N) is 2. The van der Waals surface area contributed by atoms with E-state index in [4.69, 9.17) is 4.74 Å². The van der Waals surface area contributed by atoms with Crippen molar-refractivity contribution in [2.75, 3.05) is 20.2 Å². The summed E-state index contributed by atoms with van der Waals surface area (Å²) in [7, 11) is 1.60. The molecule has 1 aromatic heterocycles. The fraction of sp³-hybridized carbons (Fsp3) is 0.407. The number of rotatable bonds is 7. The van der Waals surface area contributed by atoms with Gasteiger partial charge in [-0.3, -0.25) is 19.1 Å². The highest BCUT2D eigenvalue weighted by Crippen LogP contribution is 2.22. The number of benzene rings is 2. The first-order chi connectivity index (χ1) is 16.0. The van der Waals surface area contributed by atoms with E-state index >= 15 is 0 Å². The summed E-state index contributed by atoms with van der Waals surface area (Å²) in [6, 6.07) is 15.7. The minimum Gasteiger partial charge on any atom is -0.497 e. The lowest BCUT2D eigenvalue weighted by Gasteiger charge is -2.39. The number of hydrogen-bond acceptors (Lipinski definition) is 4. The van der Waals surface area contributed by atoms with Crippen molar-refractivity contribution in [2.45, 2.75) is 51.6 Å². The zero-order valence-electron chi connectivity index (χ0n) is 19.7. The molecule has 1 aliphatic rings. The average Bonchev–Trinajstić information content (AvgIpc) is 2.83. The topological polar surface area (TPSA) is 63.6 Å². The number of fused-ring (bicyclic) bond motifs is 1. The Hall–Kier alpha value is -3.12. The molecule has 1 fully saturated rings. The number of carbonyl (C=O) groups excluding carboxylic acids is 1. The van der Waals surface area contributed by atoms with Crippen molar-refractivity contribution in [3.05, 3.63) is 70.6 Å². The lowest BCUT2D eigenvalue weighted by Crippen LogP contribution is -2.44. The van der Waals surface area contributed by atoms with Crippen LogP contribution in [0.3, 0.4) is 0 Å². The predicted molar refractivity (Wildman–Crippen MR) is 133 cm³/mol. The lowest BCUT2D eigenvalue weighted by molar-refractivity contribution is 0.0926. The second kappa shape index (κ2) is 10.2. The zero-order valence-corrected chi connectivity index (χ0v) is 19.7. The number of methoxy groups -OCH3 is 1. The number of piperidine rings is 1. The van der Waals surface area contributed by atoms with Gasteiger partial charge in [-0.2, -0.15) is 0 Å². The first-order valence-electron chi connectivity index (χ1n) is 11.8. The van der Waals surface area contributed by atoms with E-state index in [1.165, 1.54) is 23.8 Å². The number of nitrogens with one attached hydrogen (secondary N) is 1. The van der Waals surface area contributed by atoms with Crippen LogP contribution in [0.5, 0.6) is 5.75 Å². The Morgan fingerprint density at radius 1 is 1.03 bits per heavy atom. The third-order valence-corrected chi connectivity index (χ3v) is 6.77. The van der Waals surface area contributed by atoms with Gasteiger partial charge in [-0.25, -0.2) is 0 Å². The number of pyridine rings is 1. The molecule has 1 amide bonds. The van der Waals surface area contributed by atoms with E-state index < -0.39 is 0 Å². The maximum Gasteiger partial charge on any atom is 0.262 e. The van der Waals surface area contributed by atoms with Crippen molar-refractivity contribution in [2.24, 2.45) is 0 Å². The zero-order chi connectivity index (χ0) is 23.4. The highest BCUT2D eigenvalue weighted by molar-refractivity contribution is 6.06. The van der Waals surface area contributed by atoms with Gasteiger partial charge >= 0.3 is 0 Å². The quantitative estimate of drug-likeness (QED) is 0.546. The van der Waals surface area contributed by atoms with Crippen molar-refractivity contribution >= 4 is 16.7 Å². The molecule has 33 heavy (non-hydrogen) atoms. The van der Waals surface area contributed by atoms with Crippen molar-refractivity contribution in [1.29, 1.82) is 0 Å². The average molecular weight is 448 g/mol. The molecular weight excluding hydrogens is 414 g/mol. The molecule has 0 aliphatic carbocycles. The Balaban J connectivity index is 1.54. The largest absolute Gasteiger partial charge is 0.497 e. The molecule has 4 rings (SSSR count). The Labute approximate surface area is 195 Å². The number of hydrogen-bond donors (Lipinski definition) is 1. The molecule has 0 spiro atoms. The molecule has 174 valence electrons. The molecule has 0 bridgehead atoms. The van der Waals surface area contributed by atoms with Crippen LogP contribution in [0.2, 0.25) is 0 Å². The van der Waals surface area contributed by atoms with Crippen molar-refractivity contribution in [3.63, 3.8) is 0 Å². The molecule has 6 heteroatoms. The standard InChI is InChI=1S/C27H33N3O3/c1-19-8-6-9-20(2)29(19)17-7-16-28-26(31)25-18-30(21-12-14-22(33-3)15-13-21)27(32)24-11-5-4-10-23(24)25/h4-5,10-15,18-20H,6-9,16-17H2,1-3H3,(H,28,31)/t19-,20+. The van der Waals surface area contributed by atoms with Crippen LogP contribution in [-0.2, 0) is 0 Å². The third-order valence-electron chi connectivity index (χ3n) is 6.77. The van der Waals surface area contributed by atoms with Gasteiger partial charge in [0.05, 0.1) is 12.7 Å². The molecule has 1 aliphatic heterocycles. The second-order valence-electron chi connectivity index (χ2n) is 8.94. The van der Waals surface area contributed by atoms with Gasteiger partial charge in [0.25, 0.3) is 11.5 Å². The number of amides is 1. The van der Waals surface area contributed by atoms with Crippen LogP contribution < -0.4 is 15.6 Å². The van der Waals surface area contributed by atoms with E-state index in [2.05, 4.69) is 24.1 Å². The van der Waals surface area contributed by atoms with Gasteiger partial charge in [-0.15, -0.1) is 0 Å². The predicted octanol–water partition coefficient (Wildman–Crippen LogP) is 4.38. The highest BCUT2D eigenvalue weighted by Gasteiger charge is 2.24. The minimum absolute atomic E-state index is 0.152. The fourth-order valence-electron chi connectivity index (χ4n) is 4.88. The maximum absolute atomic E-state index is 13.2. The molecule has 0 radical (unpaired) electrons. The molecule has 6 nitrogen and oxygen atoms in total. The molecule has 1 saturated heterocycles. The second-order valence-corrected chi connectivity index (χ2v) is 8.94. The van der Waals surface area contributed by atoms with Crippen LogP contribution in [0.1, 0.15) is 49.9 Å². The summed E-state index contributed by atoms with van der Waals surface area (Å²) in [4.78, 5) is 28.9. The van der Waals surface area contributed by atoms with Gasteiger partial charge in [-0.05, 0) is 63.4 Å². The van der Waals surface area contributed by atoms with Crippen molar-refractivity contribution in [1.82, 2.24) is 14.8 Å². The summed E-state index contributed by atoms with van der Waals surface area (Å²) in [5.41, 5.74) is 1.04. The number of aromatic nitrogens is 1. The Bertz CT molecular complexity index is 1160. The summed E-state index contributed by atoms with van der Waals surface area (Å²) in [5.74, 6) is 0.552. The summed E-state index contributed by atoms with van der Waals surface area (Å²) in [6.07, 6.45) is 6.34. The molecule has 2 atom stereocenters. The molecule has 0 saturated carbocycles. The van der Waals surface area contributed by atoms with E-state index in [9.17, 15) is 9.59 Å². The summed E-state index contributed by atoms with van der Waals surface area (Å²) >= 11 is 0. The Morgan fingerprint density at radius 3 is 2.36 bits per heavy atom. The van der Waals surface area contributed by atoms with Gasteiger partial charge < -0.3 is 10.1 Å². The summed E-state index contributed by atoms with van der Waals surface area (Å²) in [6.45, 7) is 6.17. The first kappa shape index (κ1) is 23.1. The molecular formula is C27H33N3O3.